The van der Waals surface area contributed by atoms with E-state index in [9.17, 15) is 24.2 Å². The largest absolute Gasteiger partial charge is 0.464 e. The molecule has 4 N–H and O–H groups in total. The normalized spacial score (nSPS) is 25.3. The molecule has 12 nitrogen and oxygen atoms in total. The van der Waals surface area contributed by atoms with Crippen molar-refractivity contribution in [2.24, 2.45) is 11.8 Å². The lowest BCUT2D eigenvalue weighted by atomic mass is 9.87. The van der Waals surface area contributed by atoms with Gasteiger partial charge in [-0.15, -0.1) is 0 Å². The first-order valence-electron chi connectivity index (χ1n) is 15.4. The van der Waals surface area contributed by atoms with Crippen molar-refractivity contribution in [2.75, 3.05) is 31.9 Å². The van der Waals surface area contributed by atoms with Gasteiger partial charge in [0.05, 0.1) is 25.6 Å². The van der Waals surface area contributed by atoms with Crippen molar-refractivity contribution < 1.29 is 38.4 Å². The summed E-state index contributed by atoms with van der Waals surface area (Å²) in [7, 11) is 0. The van der Waals surface area contributed by atoms with Gasteiger partial charge < -0.3 is 29.7 Å². The molecule has 1 aliphatic carbocycles. The van der Waals surface area contributed by atoms with Gasteiger partial charge in [-0.25, -0.2) is 13.9 Å². The molecule has 2 aromatic heterocycles. The fourth-order valence-electron chi connectivity index (χ4n) is 5.82. The van der Waals surface area contributed by atoms with Crippen molar-refractivity contribution >= 4 is 23.2 Å². The zero-order valence-corrected chi connectivity index (χ0v) is 25.3. The minimum absolute atomic E-state index is 0.126. The number of alkyl halides is 1. The zero-order valence-electron chi connectivity index (χ0n) is 25.3. The topological polar surface area (TPSA) is 157 Å². The maximum atomic E-state index is 14.4. The van der Waals surface area contributed by atoms with E-state index in [4.69, 9.17) is 14.2 Å². The van der Waals surface area contributed by atoms with Gasteiger partial charge in [0.15, 0.2) is 5.82 Å². The average Bonchev–Trinajstić information content (AvgIpc) is 3.55. The molecule has 1 aliphatic heterocycles. The smallest absolute Gasteiger partial charge is 0.322 e. The Hall–Kier alpha value is -2.71. The number of rotatable bonds is 15. The second kappa shape index (κ2) is 15.3. The molecule has 5 atom stereocenters. The Morgan fingerprint density at radius 1 is 1.21 bits per heavy atom. The molecule has 2 fully saturated rings. The van der Waals surface area contributed by atoms with E-state index in [0.29, 0.717) is 41.9 Å². The number of carbonyl (C=O) groups excluding carboxylic acids is 2. The van der Waals surface area contributed by atoms with Gasteiger partial charge in [0.25, 0.3) is 0 Å². The number of nitrogens with one attached hydrogen (secondary N) is 2. The molecule has 0 spiro atoms. The maximum Gasteiger partial charge on any atom is 0.322 e. The van der Waals surface area contributed by atoms with Gasteiger partial charge in [-0.2, -0.15) is 5.10 Å². The van der Waals surface area contributed by atoms with Crippen LogP contribution in [0.4, 0.5) is 10.2 Å². The summed E-state index contributed by atoms with van der Waals surface area (Å²) in [4.78, 5) is 29.2. The van der Waals surface area contributed by atoms with Crippen LogP contribution in [0, 0.1) is 11.8 Å². The predicted octanol–water partition coefficient (Wildman–Crippen LogP) is 3.07. The lowest BCUT2D eigenvalue weighted by molar-refractivity contribution is -0.150. The molecule has 1 saturated heterocycles. The van der Waals surface area contributed by atoms with Gasteiger partial charge in [-0.1, -0.05) is 46.0 Å². The number of aliphatic hydroxyl groups excluding tert-OH is 2. The van der Waals surface area contributed by atoms with E-state index in [0.717, 1.165) is 38.5 Å². The highest BCUT2D eigenvalue weighted by molar-refractivity contribution is 5.93. The number of amides is 1. The highest BCUT2D eigenvalue weighted by atomic mass is 19.1. The fourth-order valence-corrected chi connectivity index (χ4v) is 5.82. The van der Waals surface area contributed by atoms with E-state index >= 15 is 0 Å². The van der Waals surface area contributed by atoms with E-state index < -0.39 is 42.6 Å². The van der Waals surface area contributed by atoms with Crippen LogP contribution in [0.1, 0.15) is 83.9 Å². The summed E-state index contributed by atoms with van der Waals surface area (Å²) in [5.41, 5.74) is -1.02. The first-order valence-corrected chi connectivity index (χ1v) is 15.4. The minimum atomic E-state index is -1.85. The first kappa shape index (κ1) is 33.2. The van der Waals surface area contributed by atoms with Gasteiger partial charge in [0.2, 0.25) is 5.91 Å². The summed E-state index contributed by atoms with van der Waals surface area (Å²) >= 11 is 0. The van der Waals surface area contributed by atoms with Crippen LogP contribution in [-0.4, -0.2) is 87.2 Å². The number of anilines is 1. The van der Waals surface area contributed by atoms with Crippen LogP contribution in [0.2, 0.25) is 0 Å². The quantitative estimate of drug-likeness (QED) is 0.135. The van der Waals surface area contributed by atoms with Crippen molar-refractivity contribution in [3.63, 3.8) is 0 Å². The lowest BCUT2D eigenvalue weighted by Crippen LogP contribution is -2.50. The summed E-state index contributed by atoms with van der Waals surface area (Å²) in [6.45, 7) is 4.42. The molecule has 0 aromatic carbocycles. The van der Waals surface area contributed by atoms with Crippen LogP contribution in [0.5, 0.6) is 0 Å². The van der Waals surface area contributed by atoms with E-state index in [1.54, 1.807) is 19.1 Å². The second-order valence-electron chi connectivity index (χ2n) is 11.8. The van der Waals surface area contributed by atoms with Crippen molar-refractivity contribution in [3.05, 3.63) is 24.2 Å². The summed E-state index contributed by atoms with van der Waals surface area (Å²) < 4.78 is 32.7. The summed E-state index contributed by atoms with van der Waals surface area (Å²) in [5, 5.41) is 31.8. The first-order chi connectivity index (χ1) is 20.7. The molecule has 4 rings (SSSR count). The van der Waals surface area contributed by atoms with Gasteiger partial charge >= 0.3 is 5.97 Å². The van der Waals surface area contributed by atoms with Crippen LogP contribution in [0.3, 0.4) is 0 Å². The van der Waals surface area contributed by atoms with Crippen molar-refractivity contribution in [1.82, 2.24) is 19.9 Å². The van der Waals surface area contributed by atoms with Crippen LogP contribution in [0.15, 0.2) is 18.5 Å². The zero-order chi connectivity index (χ0) is 31.0. The molecule has 0 radical (unpaired) electrons. The number of ether oxygens (including phenoxy) is 3. The molecule has 2 aliphatic rings. The van der Waals surface area contributed by atoms with Gasteiger partial charge in [-0.05, 0) is 43.7 Å². The molecule has 0 unspecified atom stereocenters. The Morgan fingerprint density at radius 3 is 2.65 bits per heavy atom. The van der Waals surface area contributed by atoms with Crippen LogP contribution >= 0.6 is 0 Å². The van der Waals surface area contributed by atoms with Gasteiger partial charge in [0, 0.05) is 6.42 Å². The highest BCUT2D eigenvalue weighted by Gasteiger charge is 2.56. The Balaban J connectivity index is 1.36. The molecule has 2 aromatic rings. The van der Waals surface area contributed by atoms with Crippen molar-refractivity contribution in [1.29, 1.82) is 0 Å². The van der Waals surface area contributed by atoms with E-state index in [1.165, 1.54) is 17.3 Å². The molecule has 240 valence electrons. The standard InChI is InChI=1S/C30H46FN5O7/c1-4-20(5-2)14-42-29(40)19(3)33-18-41-16-30(15-31)27(39)25(38)26(43-30)22-11-12-23-28(32-17-34-36(22)23)35-24(37)13-21-9-7-6-8-10-21/h11-12,17,19-21,25-27,33,38-39H,4-10,13-16,18H2,1-3H3,(H,32,34,35,37)/t19-,25-,26-,27-,30+/m0/s1. The van der Waals surface area contributed by atoms with Gasteiger partial charge in [-0.3, -0.25) is 14.9 Å². The Kier molecular flexibility index (Phi) is 11.8. The Morgan fingerprint density at radius 2 is 1.95 bits per heavy atom. The Bertz CT molecular complexity index is 1200. The molecule has 1 amide bonds. The molecular weight excluding hydrogens is 561 g/mol. The molecule has 0 bridgehead atoms. The molecule has 43 heavy (non-hydrogen) atoms. The van der Waals surface area contributed by atoms with Crippen molar-refractivity contribution in [3.8, 4) is 0 Å². The monoisotopic (exact) mass is 607 g/mol. The fraction of sp³-hybridized carbons (Fsp3) is 0.733. The second-order valence-corrected chi connectivity index (χ2v) is 11.8. The van der Waals surface area contributed by atoms with Gasteiger partial charge in [0.1, 0.15) is 48.5 Å². The Labute approximate surface area is 251 Å². The third-order valence-electron chi connectivity index (χ3n) is 8.80. The third kappa shape index (κ3) is 7.88. The van der Waals surface area contributed by atoms with Crippen LogP contribution < -0.4 is 10.6 Å². The minimum Gasteiger partial charge on any atom is -0.464 e. The number of esters is 1. The van der Waals surface area contributed by atoms with Crippen LogP contribution in [0.25, 0.3) is 5.52 Å². The molecule has 1 saturated carbocycles. The lowest BCUT2D eigenvalue weighted by Gasteiger charge is -2.29. The SMILES string of the molecule is CCC(CC)COC(=O)[C@H](C)NCOC[C@@]1(CF)O[C@@H](c2ccc3c(NC(=O)CC4CCCCC4)ncnn23)[C@H](O)[C@@H]1O. The van der Waals surface area contributed by atoms with Crippen LogP contribution in [-0.2, 0) is 23.8 Å². The number of halogens is 1. The maximum absolute atomic E-state index is 14.4. The van der Waals surface area contributed by atoms with E-state index in [1.807, 2.05) is 13.8 Å². The number of aliphatic hydroxyl groups is 2. The molecule has 13 heteroatoms. The third-order valence-corrected chi connectivity index (χ3v) is 8.80. The summed E-state index contributed by atoms with van der Waals surface area (Å²) in [6.07, 6.45) is 4.89. The average molecular weight is 608 g/mol. The number of fused-ring (bicyclic) bond motifs is 1. The number of carbonyl (C=O) groups is 2. The van der Waals surface area contributed by atoms with Crippen molar-refractivity contribution in [2.45, 2.75) is 102 Å². The number of hydrogen-bond acceptors (Lipinski definition) is 10. The predicted molar refractivity (Wildman–Crippen MR) is 156 cm³/mol. The summed E-state index contributed by atoms with van der Waals surface area (Å²) in [6, 6.07) is 2.65. The van der Waals surface area contributed by atoms with E-state index in [-0.39, 0.29) is 19.2 Å². The molecule has 3 heterocycles. The number of nitrogens with zero attached hydrogens (tertiary/aromatic N) is 3. The highest BCUT2D eigenvalue weighted by Crippen LogP contribution is 2.41. The molecular formula is C30H46FN5O7. The van der Waals surface area contributed by atoms with E-state index in [2.05, 4.69) is 20.7 Å². The summed E-state index contributed by atoms with van der Waals surface area (Å²) in [5.74, 6) is 0.431. The number of aromatic nitrogens is 3. The number of hydrogen-bond donors (Lipinski definition) is 4.